The largest absolute Gasteiger partial charge is 0.399 e. The number of nitrogens with one attached hydrogen (secondary N) is 2. The maximum absolute atomic E-state index is 12.1. The third-order valence-electron chi connectivity index (χ3n) is 4.16. The van der Waals surface area contributed by atoms with E-state index in [1.807, 2.05) is 0 Å². The summed E-state index contributed by atoms with van der Waals surface area (Å²) < 4.78 is 0. The van der Waals surface area contributed by atoms with E-state index in [-0.39, 0.29) is 5.56 Å². The first kappa shape index (κ1) is 13.9. The van der Waals surface area contributed by atoms with Gasteiger partial charge in [0.05, 0.1) is 10.9 Å². The summed E-state index contributed by atoms with van der Waals surface area (Å²) in [5, 5.41) is 3.90. The Bertz CT molecular complexity index is 711. The fourth-order valence-corrected chi connectivity index (χ4v) is 2.97. The van der Waals surface area contributed by atoms with E-state index < -0.39 is 0 Å². The summed E-state index contributed by atoms with van der Waals surface area (Å²) in [5.74, 6) is 1.05. The van der Waals surface area contributed by atoms with Crippen LogP contribution in [0.5, 0.6) is 0 Å². The van der Waals surface area contributed by atoms with Crippen LogP contribution in [0.4, 0.5) is 11.6 Å². The smallest absolute Gasteiger partial charge is 0.260 e. The maximum Gasteiger partial charge on any atom is 0.260 e. The summed E-state index contributed by atoms with van der Waals surface area (Å²) in [5.41, 5.74) is 6.79. The van der Waals surface area contributed by atoms with E-state index in [9.17, 15) is 4.79 Å². The molecule has 2 atom stereocenters. The van der Waals surface area contributed by atoms with Crippen LogP contribution >= 0.6 is 0 Å². The molecule has 0 bridgehead atoms. The summed E-state index contributed by atoms with van der Waals surface area (Å²) >= 11 is 0. The second kappa shape index (κ2) is 5.37. The number of H-pyrrole nitrogens is 1. The van der Waals surface area contributed by atoms with E-state index in [1.165, 1.54) is 0 Å². The van der Waals surface area contributed by atoms with Crippen molar-refractivity contribution in [2.45, 2.75) is 19.4 Å². The topological polar surface area (TPSA) is 87.0 Å². The fraction of sp³-hybridized carbons (Fsp3) is 0.467. The lowest BCUT2D eigenvalue weighted by molar-refractivity contribution is 0.206. The number of aromatic amines is 1. The minimum absolute atomic E-state index is 0.157. The van der Waals surface area contributed by atoms with Crippen LogP contribution in [0, 0.1) is 5.92 Å². The van der Waals surface area contributed by atoms with Gasteiger partial charge in [-0.3, -0.25) is 9.78 Å². The minimum Gasteiger partial charge on any atom is -0.399 e. The third kappa shape index (κ3) is 2.85. The minimum atomic E-state index is -0.157. The van der Waals surface area contributed by atoms with Gasteiger partial charge < -0.3 is 16.0 Å². The zero-order chi connectivity index (χ0) is 15.0. The molecular formula is C15H21N5O. The van der Waals surface area contributed by atoms with Crippen LogP contribution in [0.1, 0.15) is 13.3 Å². The van der Waals surface area contributed by atoms with E-state index in [4.69, 9.17) is 5.73 Å². The Labute approximate surface area is 123 Å². The number of nitrogens with zero attached hydrogens (tertiary/aromatic N) is 2. The predicted molar refractivity (Wildman–Crippen MR) is 85.5 cm³/mol. The van der Waals surface area contributed by atoms with Crippen LogP contribution < -0.4 is 16.6 Å². The summed E-state index contributed by atoms with van der Waals surface area (Å²) in [7, 11) is 2.13. The van der Waals surface area contributed by atoms with Gasteiger partial charge in [0.15, 0.2) is 0 Å². The highest BCUT2D eigenvalue weighted by atomic mass is 16.1. The molecule has 1 aromatic carbocycles. The van der Waals surface area contributed by atoms with Gasteiger partial charge in [-0.25, -0.2) is 4.98 Å². The number of nitrogen functional groups attached to an aromatic ring is 1. The van der Waals surface area contributed by atoms with Crippen molar-refractivity contribution in [2.75, 3.05) is 31.2 Å². The monoisotopic (exact) mass is 287 g/mol. The SMILES string of the molecule is CC1CN(C)CCC1Nc1nc2ccc(N)cc2c(=O)[nH]1. The van der Waals surface area contributed by atoms with Crippen LogP contribution in [-0.2, 0) is 0 Å². The van der Waals surface area contributed by atoms with Crippen molar-refractivity contribution in [3.8, 4) is 0 Å². The van der Waals surface area contributed by atoms with Crippen molar-refractivity contribution in [1.29, 1.82) is 0 Å². The lowest BCUT2D eigenvalue weighted by Crippen LogP contribution is -2.43. The number of anilines is 2. The van der Waals surface area contributed by atoms with Crippen molar-refractivity contribution in [3.05, 3.63) is 28.6 Å². The summed E-state index contributed by atoms with van der Waals surface area (Å²) in [6.07, 6.45) is 1.04. The van der Waals surface area contributed by atoms with E-state index >= 15 is 0 Å². The van der Waals surface area contributed by atoms with E-state index in [0.29, 0.717) is 34.5 Å². The Morgan fingerprint density at radius 3 is 3.05 bits per heavy atom. The molecule has 0 aliphatic carbocycles. The van der Waals surface area contributed by atoms with E-state index in [2.05, 4.69) is 34.2 Å². The second-order valence-electron chi connectivity index (χ2n) is 5.97. The number of benzene rings is 1. The molecule has 2 unspecified atom stereocenters. The molecule has 21 heavy (non-hydrogen) atoms. The van der Waals surface area contributed by atoms with Crippen LogP contribution in [-0.4, -0.2) is 41.0 Å². The van der Waals surface area contributed by atoms with Crippen molar-refractivity contribution < 1.29 is 0 Å². The molecule has 6 nitrogen and oxygen atoms in total. The van der Waals surface area contributed by atoms with E-state index in [0.717, 1.165) is 19.5 Å². The molecule has 4 N–H and O–H groups in total. The Balaban J connectivity index is 1.88. The van der Waals surface area contributed by atoms with Gasteiger partial charge in [0.25, 0.3) is 5.56 Å². The number of nitrogens with two attached hydrogens (primary N) is 1. The average molecular weight is 287 g/mol. The van der Waals surface area contributed by atoms with Gasteiger partial charge in [0, 0.05) is 18.3 Å². The lowest BCUT2D eigenvalue weighted by atomic mass is 9.94. The molecule has 1 aromatic heterocycles. The van der Waals surface area contributed by atoms with Gasteiger partial charge in [-0.05, 0) is 44.1 Å². The predicted octanol–water partition coefficient (Wildman–Crippen LogP) is 1.26. The van der Waals surface area contributed by atoms with E-state index in [1.54, 1.807) is 18.2 Å². The Hall–Kier alpha value is -2.08. The molecule has 2 aromatic rings. The van der Waals surface area contributed by atoms with Gasteiger partial charge in [0.1, 0.15) is 0 Å². The summed E-state index contributed by atoms with van der Waals surface area (Å²) in [4.78, 5) is 21.7. The van der Waals surface area contributed by atoms with Gasteiger partial charge in [-0.2, -0.15) is 0 Å². The molecule has 1 fully saturated rings. The number of piperidine rings is 1. The molecule has 2 heterocycles. The number of fused-ring (bicyclic) bond motifs is 1. The number of hydrogen-bond donors (Lipinski definition) is 3. The standard InChI is InChI=1S/C15H21N5O/c1-9-8-20(2)6-5-12(9)17-15-18-13-4-3-10(16)7-11(13)14(21)19-15/h3-4,7,9,12H,5-6,8,16H2,1-2H3,(H2,17,18,19,21). The first-order valence-electron chi connectivity index (χ1n) is 7.27. The maximum atomic E-state index is 12.1. The van der Waals surface area contributed by atoms with Gasteiger partial charge in [0.2, 0.25) is 5.95 Å². The van der Waals surface area contributed by atoms with Gasteiger partial charge in [-0.15, -0.1) is 0 Å². The highest BCUT2D eigenvalue weighted by Crippen LogP contribution is 2.19. The Kier molecular flexibility index (Phi) is 3.55. The zero-order valence-corrected chi connectivity index (χ0v) is 12.4. The molecule has 6 heteroatoms. The number of rotatable bonds is 2. The van der Waals surface area contributed by atoms with Crippen molar-refractivity contribution in [1.82, 2.24) is 14.9 Å². The summed E-state index contributed by atoms with van der Waals surface area (Å²) in [6.45, 7) is 4.32. The van der Waals surface area contributed by atoms with Gasteiger partial charge in [-0.1, -0.05) is 6.92 Å². The molecule has 0 amide bonds. The molecule has 1 saturated heterocycles. The Morgan fingerprint density at radius 2 is 2.29 bits per heavy atom. The molecule has 1 aliphatic rings. The average Bonchev–Trinajstić information content (AvgIpc) is 2.43. The second-order valence-corrected chi connectivity index (χ2v) is 5.97. The molecule has 112 valence electrons. The summed E-state index contributed by atoms with van der Waals surface area (Å²) in [6, 6.07) is 5.53. The Morgan fingerprint density at radius 1 is 1.48 bits per heavy atom. The molecule has 0 radical (unpaired) electrons. The number of likely N-dealkylation sites (tertiary alicyclic amines) is 1. The normalized spacial score (nSPS) is 23.3. The van der Waals surface area contributed by atoms with Crippen LogP contribution in [0.3, 0.4) is 0 Å². The van der Waals surface area contributed by atoms with Gasteiger partial charge >= 0.3 is 0 Å². The van der Waals surface area contributed by atoms with Crippen LogP contribution in [0.25, 0.3) is 10.9 Å². The highest BCUT2D eigenvalue weighted by molar-refractivity contribution is 5.81. The van der Waals surface area contributed by atoms with Crippen LogP contribution in [0.15, 0.2) is 23.0 Å². The zero-order valence-electron chi connectivity index (χ0n) is 12.4. The molecule has 0 saturated carbocycles. The van der Waals surface area contributed by atoms with Crippen LogP contribution in [0.2, 0.25) is 0 Å². The molecular weight excluding hydrogens is 266 g/mol. The molecule has 0 spiro atoms. The first-order valence-corrected chi connectivity index (χ1v) is 7.27. The number of aromatic nitrogens is 2. The molecule has 1 aliphatic heterocycles. The lowest BCUT2D eigenvalue weighted by Gasteiger charge is -2.35. The number of hydrogen-bond acceptors (Lipinski definition) is 5. The molecule has 3 rings (SSSR count). The quantitative estimate of drug-likeness (QED) is 0.724. The third-order valence-corrected chi connectivity index (χ3v) is 4.16. The first-order chi connectivity index (χ1) is 10.0. The highest BCUT2D eigenvalue weighted by Gasteiger charge is 2.24. The van der Waals surface area contributed by atoms with Crippen molar-refractivity contribution in [2.24, 2.45) is 5.92 Å². The van der Waals surface area contributed by atoms with Crippen molar-refractivity contribution >= 4 is 22.5 Å². The van der Waals surface area contributed by atoms with Crippen molar-refractivity contribution in [3.63, 3.8) is 0 Å². The fourth-order valence-electron chi connectivity index (χ4n) is 2.97.